The first-order valence-corrected chi connectivity index (χ1v) is 9.51. The van der Waals surface area contributed by atoms with Gasteiger partial charge in [-0.15, -0.1) is 0 Å². The molecule has 1 aliphatic rings. The molecule has 0 saturated heterocycles. The zero-order valence-electron chi connectivity index (χ0n) is 15.8. The number of fused-ring (bicyclic) bond motifs is 3. The van der Waals surface area contributed by atoms with Crippen molar-refractivity contribution in [1.82, 2.24) is 5.32 Å². The van der Waals surface area contributed by atoms with Crippen molar-refractivity contribution in [3.05, 3.63) is 95.6 Å². The largest absolute Gasteiger partial charge is 0.460 e. The van der Waals surface area contributed by atoms with Crippen molar-refractivity contribution in [2.45, 2.75) is 12.5 Å². The molecule has 0 unspecified atom stereocenters. The number of esters is 1. The van der Waals surface area contributed by atoms with Gasteiger partial charge in [0.2, 0.25) is 0 Å². The Morgan fingerprint density at radius 1 is 0.759 bits per heavy atom. The van der Waals surface area contributed by atoms with E-state index in [0.29, 0.717) is 0 Å². The molecule has 3 aromatic rings. The second kappa shape index (κ2) is 8.61. The third-order valence-corrected chi connectivity index (χ3v) is 4.96. The molecule has 0 aliphatic heterocycles. The Morgan fingerprint density at radius 3 is 2.00 bits per heavy atom. The first-order chi connectivity index (χ1) is 14.2. The average molecular weight is 387 g/mol. The smallest absolute Gasteiger partial charge is 0.407 e. The van der Waals surface area contributed by atoms with E-state index in [1.54, 1.807) is 0 Å². The van der Waals surface area contributed by atoms with Gasteiger partial charge in [-0.1, -0.05) is 78.9 Å². The van der Waals surface area contributed by atoms with Gasteiger partial charge in [0.25, 0.3) is 0 Å². The van der Waals surface area contributed by atoms with E-state index in [9.17, 15) is 9.59 Å². The highest BCUT2D eigenvalue weighted by molar-refractivity contribution is 5.80. The van der Waals surface area contributed by atoms with Gasteiger partial charge in [0.15, 0.2) is 0 Å². The van der Waals surface area contributed by atoms with Crippen molar-refractivity contribution in [2.24, 2.45) is 0 Å². The Labute approximate surface area is 169 Å². The summed E-state index contributed by atoms with van der Waals surface area (Å²) in [6, 6.07) is 25.6. The Balaban J connectivity index is 1.28. The zero-order valence-corrected chi connectivity index (χ0v) is 15.8. The highest BCUT2D eigenvalue weighted by Gasteiger charge is 2.29. The van der Waals surface area contributed by atoms with Gasteiger partial charge in [-0.2, -0.15) is 0 Å². The summed E-state index contributed by atoms with van der Waals surface area (Å²) in [5, 5.41) is 2.45. The van der Waals surface area contributed by atoms with Crippen molar-refractivity contribution >= 4 is 12.1 Å². The molecule has 29 heavy (non-hydrogen) atoms. The Kier molecular flexibility index (Phi) is 5.56. The maximum atomic E-state index is 12.1. The average Bonchev–Trinajstić information content (AvgIpc) is 3.09. The summed E-state index contributed by atoms with van der Waals surface area (Å²) in [7, 11) is 0. The van der Waals surface area contributed by atoms with Crippen LogP contribution >= 0.6 is 0 Å². The summed E-state index contributed by atoms with van der Waals surface area (Å²) in [5.41, 5.74) is 5.51. The first kappa shape index (κ1) is 18.7. The predicted molar refractivity (Wildman–Crippen MR) is 109 cm³/mol. The molecule has 1 N–H and O–H groups in total. The Morgan fingerprint density at radius 2 is 1.34 bits per heavy atom. The number of hydrogen-bond donors (Lipinski definition) is 1. The van der Waals surface area contributed by atoms with Crippen LogP contribution in [0.5, 0.6) is 0 Å². The lowest BCUT2D eigenvalue weighted by Gasteiger charge is -2.14. The zero-order chi connectivity index (χ0) is 20.1. The number of amides is 1. The number of benzene rings is 3. The third kappa shape index (κ3) is 4.29. The molecule has 3 aromatic carbocycles. The Hall–Kier alpha value is -3.60. The number of alkyl carbamates (subject to hydrolysis) is 1. The summed E-state index contributed by atoms with van der Waals surface area (Å²) >= 11 is 0. The maximum Gasteiger partial charge on any atom is 0.407 e. The van der Waals surface area contributed by atoms with E-state index in [1.165, 1.54) is 11.1 Å². The van der Waals surface area contributed by atoms with Crippen LogP contribution in [0.15, 0.2) is 78.9 Å². The molecule has 1 amide bonds. The van der Waals surface area contributed by atoms with Crippen LogP contribution in [0, 0.1) is 0 Å². The fourth-order valence-corrected chi connectivity index (χ4v) is 3.58. The van der Waals surface area contributed by atoms with E-state index in [4.69, 9.17) is 9.47 Å². The van der Waals surface area contributed by atoms with E-state index >= 15 is 0 Å². The second-order valence-electron chi connectivity index (χ2n) is 6.83. The van der Waals surface area contributed by atoms with E-state index in [1.807, 2.05) is 54.6 Å². The molecule has 0 fully saturated rings. The van der Waals surface area contributed by atoms with E-state index in [2.05, 4.69) is 29.6 Å². The lowest BCUT2D eigenvalue weighted by atomic mass is 9.98. The molecule has 5 heteroatoms. The predicted octanol–water partition coefficient (Wildman–Crippen LogP) is 4.27. The van der Waals surface area contributed by atoms with Crippen LogP contribution in [0.25, 0.3) is 11.1 Å². The lowest BCUT2D eigenvalue weighted by Crippen LogP contribution is -2.32. The van der Waals surface area contributed by atoms with Gasteiger partial charge < -0.3 is 14.8 Å². The molecular weight excluding hydrogens is 366 g/mol. The van der Waals surface area contributed by atoms with Gasteiger partial charge in [0.1, 0.15) is 19.8 Å². The number of hydrogen-bond acceptors (Lipinski definition) is 4. The van der Waals surface area contributed by atoms with Crippen LogP contribution in [0.3, 0.4) is 0 Å². The quantitative estimate of drug-likeness (QED) is 0.642. The molecule has 0 saturated carbocycles. The summed E-state index contributed by atoms with van der Waals surface area (Å²) in [5.74, 6) is -0.527. The molecule has 146 valence electrons. The van der Waals surface area contributed by atoms with Crippen molar-refractivity contribution in [2.75, 3.05) is 13.2 Å². The summed E-state index contributed by atoms with van der Waals surface area (Å²) < 4.78 is 10.5. The van der Waals surface area contributed by atoms with Crippen LogP contribution < -0.4 is 5.32 Å². The van der Waals surface area contributed by atoms with Gasteiger partial charge in [0, 0.05) is 5.92 Å². The number of carbonyl (C=O) groups is 2. The normalized spacial score (nSPS) is 12.0. The molecule has 5 nitrogen and oxygen atoms in total. The minimum absolute atomic E-state index is 0.0156. The van der Waals surface area contributed by atoms with Crippen molar-refractivity contribution in [1.29, 1.82) is 0 Å². The van der Waals surface area contributed by atoms with E-state index < -0.39 is 12.1 Å². The van der Waals surface area contributed by atoms with Crippen LogP contribution in [0.4, 0.5) is 4.79 Å². The number of nitrogens with one attached hydrogen (secondary N) is 1. The van der Waals surface area contributed by atoms with Crippen LogP contribution in [0.1, 0.15) is 22.6 Å². The maximum absolute atomic E-state index is 12.1. The molecule has 4 rings (SSSR count). The standard InChI is InChI=1S/C24H21NO4/c26-23(28-15-17-8-2-1-3-9-17)14-25-24(27)29-16-22-20-12-6-4-10-18(20)19-11-5-7-13-21(19)22/h1-13,22H,14-16H2,(H,25,27). The fourth-order valence-electron chi connectivity index (χ4n) is 3.58. The number of rotatable bonds is 6. The molecule has 0 atom stereocenters. The minimum atomic E-state index is -0.636. The Bertz CT molecular complexity index is 971. The van der Waals surface area contributed by atoms with Gasteiger partial charge in [0.05, 0.1) is 0 Å². The van der Waals surface area contributed by atoms with Gasteiger partial charge in [-0.25, -0.2) is 4.79 Å². The van der Waals surface area contributed by atoms with Gasteiger partial charge >= 0.3 is 12.1 Å². The van der Waals surface area contributed by atoms with Gasteiger partial charge in [-0.3, -0.25) is 4.79 Å². The molecule has 1 aliphatic carbocycles. The summed E-state index contributed by atoms with van der Waals surface area (Å²) in [6.07, 6.45) is -0.636. The topological polar surface area (TPSA) is 64.6 Å². The minimum Gasteiger partial charge on any atom is -0.460 e. The third-order valence-electron chi connectivity index (χ3n) is 4.96. The molecular formula is C24H21NO4. The van der Waals surface area contributed by atoms with Crippen LogP contribution in [-0.4, -0.2) is 25.2 Å². The van der Waals surface area contributed by atoms with E-state index in [0.717, 1.165) is 16.7 Å². The molecule has 0 bridgehead atoms. The monoisotopic (exact) mass is 387 g/mol. The summed E-state index contributed by atoms with van der Waals surface area (Å²) in [6.45, 7) is 0.147. The SMILES string of the molecule is O=C(CNC(=O)OCC1c2ccccc2-c2ccccc21)OCc1ccccc1. The molecule has 0 heterocycles. The van der Waals surface area contributed by atoms with Gasteiger partial charge in [-0.05, 0) is 27.8 Å². The van der Waals surface area contributed by atoms with Crippen molar-refractivity contribution in [3.8, 4) is 11.1 Å². The number of carbonyl (C=O) groups excluding carboxylic acids is 2. The molecule has 0 aromatic heterocycles. The van der Waals surface area contributed by atoms with Crippen LogP contribution in [0.2, 0.25) is 0 Å². The highest BCUT2D eigenvalue weighted by Crippen LogP contribution is 2.44. The van der Waals surface area contributed by atoms with E-state index in [-0.39, 0.29) is 25.7 Å². The fraction of sp³-hybridized carbons (Fsp3) is 0.167. The van der Waals surface area contributed by atoms with Crippen molar-refractivity contribution in [3.63, 3.8) is 0 Å². The summed E-state index contributed by atoms with van der Waals surface area (Å²) in [4.78, 5) is 23.9. The lowest BCUT2D eigenvalue weighted by molar-refractivity contribution is -0.143. The molecule has 0 radical (unpaired) electrons. The molecule has 0 spiro atoms. The second-order valence-corrected chi connectivity index (χ2v) is 6.83. The first-order valence-electron chi connectivity index (χ1n) is 9.51. The van der Waals surface area contributed by atoms with Crippen molar-refractivity contribution < 1.29 is 19.1 Å². The van der Waals surface area contributed by atoms with Crippen LogP contribution in [-0.2, 0) is 20.9 Å². The number of ether oxygens (including phenoxy) is 2. The highest BCUT2D eigenvalue weighted by atomic mass is 16.6.